The van der Waals surface area contributed by atoms with Crippen molar-refractivity contribution >= 4 is 21.8 Å². The fraction of sp³-hybridized carbons (Fsp3) is 0.450. The third-order valence-electron chi connectivity index (χ3n) is 4.99. The number of pyridine rings is 2. The molecule has 1 amide bonds. The van der Waals surface area contributed by atoms with E-state index in [1.54, 1.807) is 26.0 Å². The average Bonchev–Trinajstić information content (AvgIpc) is 2.67. The molecule has 0 N–H and O–H groups in total. The summed E-state index contributed by atoms with van der Waals surface area (Å²) in [5.41, 5.74) is -0.384. The molecule has 3 heterocycles. The summed E-state index contributed by atoms with van der Waals surface area (Å²) in [4.78, 5) is 21.9. The first-order valence-electron chi connectivity index (χ1n) is 9.35. The lowest BCUT2D eigenvalue weighted by atomic mass is 9.88. The van der Waals surface area contributed by atoms with Gasteiger partial charge in [0.2, 0.25) is 5.88 Å². The highest BCUT2D eigenvalue weighted by atomic mass is 79.9. The molecule has 0 bridgehead atoms. The highest BCUT2D eigenvalue weighted by molar-refractivity contribution is 9.10. The van der Waals surface area contributed by atoms with Crippen molar-refractivity contribution in [3.63, 3.8) is 0 Å². The van der Waals surface area contributed by atoms with Crippen LogP contribution in [0, 0.1) is 12.8 Å². The highest BCUT2D eigenvalue weighted by Crippen LogP contribution is 2.36. The van der Waals surface area contributed by atoms with E-state index in [0.717, 1.165) is 17.0 Å². The summed E-state index contributed by atoms with van der Waals surface area (Å²) in [7, 11) is 0. The Kier molecular flexibility index (Phi) is 6.54. The Morgan fingerprint density at radius 3 is 2.61 bits per heavy atom. The topological polar surface area (TPSA) is 55.3 Å². The fourth-order valence-corrected chi connectivity index (χ4v) is 3.84. The summed E-state index contributed by atoms with van der Waals surface area (Å²) in [6, 6.07) is 4.40. The van der Waals surface area contributed by atoms with Gasteiger partial charge in [-0.15, -0.1) is 0 Å². The molecule has 11 heteroatoms. The molecular formula is C20H19BrF5N3O2. The fourth-order valence-electron chi connectivity index (χ4n) is 3.45. The van der Waals surface area contributed by atoms with Crippen LogP contribution in [0.25, 0.3) is 0 Å². The van der Waals surface area contributed by atoms with Gasteiger partial charge in [-0.05, 0) is 47.0 Å². The lowest BCUT2D eigenvalue weighted by Gasteiger charge is -2.43. The van der Waals surface area contributed by atoms with E-state index in [9.17, 15) is 26.7 Å². The minimum Gasteiger partial charge on any atom is -0.475 e. The van der Waals surface area contributed by atoms with Crippen LogP contribution >= 0.6 is 15.9 Å². The maximum atomic E-state index is 14.3. The molecule has 2 aromatic rings. The van der Waals surface area contributed by atoms with Gasteiger partial charge in [0.05, 0.1) is 18.2 Å². The van der Waals surface area contributed by atoms with Crippen molar-refractivity contribution in [3.8, 4) is 5.88 Å². The van der Waals surface area contributed by atoms with Crippen molar-refractivity contribution in [2.45, 2.75) is 38.4 Å². The van der Waals surface area contributed by atoms with Gasteiger partial charge >= 0.3 is 6.18 Å². The van der Waals surface area contributed by atoms with Gasteiger partial charge in [0.1, 0.15) is 12.3 Å². The van der Waals surface area contributed by atoms with Crippen molar-refractivity contribution in [3.05, 3.63) is 51.9 Å². The number of nitrogens with zero attached hydrogens (tertiary/aromatic N) is 3. The Morgan fingerprint density at radius 2 is 2.00 bits per heavy atom. The number of halogens is 6. The second-order valence-corrected chi connectivity index (χ2v) is 8.37. The molecule has 0 radical (unpaired) electrons. The number of hydrogen-bond acceptors (Lipinski definition) is 4. The summed E-state index contributed by atoms with van der Waals surface area (Å²) in [6.45, 7) is 2.23. The first kappa shape index (κ1) is 23.4. The van der Waals surface area contributed by atoms with Crippen LogP contribution < -0.4 is 4.74 Å². The monoisotopic (exact) mass is 507 g/mol. The van der Waals surface area contributed by atoms with Crippen molar-refractivity contribution in [2.24, 2.45) is 5.92 Å². The van der Waals surface area contributed by atoms with Crippen LogP contribution in [0.15, 0.2) is 34.9 Å². The van der Waals surface area contributed by atoms with E-state index < -0.39 is 48.5 Å². The van der Waals surface area contributed by atoms with Gasteiger partial charge in [-0.3, -0.25) is 4.79 Å². The number of carbonyl (C=O) groups is 1. The van der Waals surface area contributed by atoms with Crippen LogP contribution in [-0.2, 0) is 6.18 Å². The van der Waals surface area contributed by atoms with E-state index in [1.807, 2.05) is 0 Å². The standard InChI is InChI=1S/C20H19BrF5N3O2/c1-11-7-19(22,23)10-29(18(30)17-14(21)5-3-12(2)28-17)15(11)9-31-16-6-4-13(8-27-16)20(24,25)26/h3-6,8,11,15H,7,9-10H2,1-2H3. The van der Waals surface area contributed by atoms with Crippen LogP contribution in [0.5, 0.6) is 5.88 Å². The summed E-state index contributed by atoms with van der Waals surface area (Å²) >= 11 is 3.23. The quantitative estimate of drug-likeness (QED) is 0.538. The lowest BCUT2D eigenvalue weighted by Crippen LogP contribution is -2.57. The molecule has 2 atom stereocenters. The molecule has 1 saturated heterocycles. The summed E-state index contributed by atoms with van der Waals surface area (Å²) in [5.74, 6) is -4.50. The number of aromatic nitrogens is 2. The van der Waals surface area contributed by atoms with Gasteiger partial charge in [-0.2, -0.15) is 13.2 Å². The first-order chi connectivity index (χ1) is 14.4. The Bertz CT molecular complexity index is 953. The maximum absolute atomic E-state index is 14.3. The van der Waals surface area contributed by atoms with Crippen molar-refractivity contribution in [2.75, 3.05) is 13.2 Å². The Morgan fingerprint density at radius 1 is 1.29 bits per heavy atom. The third-order valence-corrected chi connectivity index (χ3v) is 5.63. The molecule has 0 spiro atoms. The number of likely N-dealkylation sites (tertiary alicyclic amines) is 1. The molecule has 0 aromatic carbocycles. The van der Waals surface area contributed by atoms with E-state index in [4.69, 9.17) is 4.74 Å². The number of rotatable bonds is 4. The van der Waals surface area contributed by atoms with Crippen LogP contribution in [0.2, 0.25) is 0 Å². The molecule has 5 nitrogen and oxygen atoms in total. The highest BCUT2D eigenvalue weighted by Gasteiger charge is 2.47. The molecule has 1 aliphatic rings. The Hall–Kier alpha value is -2.30. The second kappa shape index (κ2) is 8.68. The zero-order valence-corrected chi connectivity index (χ0v) is 18.2. The molecule has 2 unspecified atom stereocenters. The van der Waals surface area contributed by atoms with E-state index in [2.05, 4.69) is 25.9 Å². The SMILES string of the molecule is Cc1ccc(Br)c(C(=O)N2CC(F)(F)CC(C)C2COc2ccc(C(F)(F)F)cn2)n1. The molecular weight excluding hydrogens is 489 g/mol. The number of alkyl halides is 5. The predicted molar refractivity (Wildman–Crippen MR) is 105 cm³/mol. The average molecular weight is 508 g/mol. The van der Waals surface area contributed by atoms with Gasteiger partial charge in [0, 0.05) is 28.9 Å². The zero-order chi connectivity index (χ0) is 23.0. The van der Waals surface area contributed by atoms with Gasteiger partial charge in [0.25, 0.3) is 11.8 Å². The first-order valence-corrected chi connectivity index (χ1v) is 10.1. The van der Waals surface area contributed by atoms with Crippen LogP contribution in [0.3, 0.4) is 0 Å². The maximum Gasteiger partial charge on any atom is 0.417 e. The number of carbonyl (C=O) groups excluding carboxylic acids is 1. The van der Waals surface area contributed by atoms with E-state index >= 15 is 0 Å². The van der Waals surface area contributed by atoms with Crippen LogP contribution in [0.4, 0.5) is 22.0 Å². The van der Waals surface area contributed by atoms with E-state index in [0.29, 0.717) is 16.4 Å². The van der Waals surface area contributed by atoms with E-state index in [-0.39, 0.29) is 18.2 Å². The van der Waals surface area contributed by atoms with Crippen molar-refractivity contribution < 1.29 is 31.5 Å². The van der Waals surface area contributed by atoms with Gasteiger partial charge in [-0.1, -0.05) is 6.92 Å². The van der Waals surface area contributed by atoms with Gasteiger partial charge in [0.15, 0.2) is 0 Å². The summed E-state index contributed by atoms with van der Waals surface area (Å²) in [6.07, 6.45) is -4.36. The molecule has 3 rings (SSSR count). The molecule has 0 aliphatic carbocycles. The largest absolute Gasteiger partial charge is 0.475 e. The van der Waals surface area contributed by atoms with Crippen molar-refractivity contribution in [1.29, 1.82) is 0 Å². The molecule has 2 aromatic heterocycles. The molecule has 31 heavy (non-hydrogen) atoms. The second-order valence-electron chi connectivity index (χ2n) is 7.51. The summed E-state index contributed by atoms with van der Waals surface area (Å²) < 4.78 is 72.4. The molecule has 168 valence electrons. The van der Waals surface area contributed by atoms with E-state index in [1.165, 1.54) is 0 Å². The lowest BCUT2D eigenvalue weighted by molar-refractivity contribution is -0.137. The predicted octanol–water partition coefficient (Wildman–Crippen LogP) is 5.13. The number of aryl methyl sites for hydroxylation is 1. The number of ether oxygens (including phenoxy) is 1. The number of amides is 1. The minimum absolute atomic E-state index is 0.00237. The smallest absolute Gasteiger partial charge is 0.417 e. The number of hydrogen-bond donors (Lipinski definition) is 0. The Balaban J connectivity index is 1.82. The molecule has 1 aliphatic heterocycles. The summed E-state index contributed by atoms with van der Waals surface area (Å²) in [5, 5.41) is 0. The van der Waals surface area contributed by atoms with Gasteiger partial charge < -0.3 is 9.64 Å². The molecule has 0 saturated carbocycles. The van der Waals surface area contributed by atoms with Crippen molar-refractivity contribution in [1.82, 2.24) is 14.9 Å². The normalized spacial score (nSPS) is 21.1. The Labute approximate surface area is 183 Å². The third kappa shape index (κ3) is 5.50. The van der Waals surface area contributed by atoms with Gasteiger partial charge in [-0.25, -0.2) is 18.7 Å². The minimum atomic E-state index is -4.54. The van der Waals surface area contributed by atoms with Crippen LogP contribution in [-0.4, -0.2) is 45.9 Å². The van der Waals surface area contributed by atoms with Crippen LogP contribution in [0.1, 0.15) is 35.1 Å². The number of piperidine rings is 1. The molecule has 1 fully saturated rings. The zero-order valence-electron chi connectivity index (χ0n) is 16.6.